The molecule has 152 valence electrons. The number of hydrogen-bond acceptors (Lipinski definition) is 4. The zero-order chi connectivity index (χ0) is 21.2. The van der Waals surface area contributed by atoms with E-state index in [1.807, 2.05) is 30.3 Å². The molecule has 2 amide bonds. The standard InChI is InChI=1S/C23H24FNO4/c1-23(2,3)29-22(28)20-18(16-9-11-17(24)12-10-16)13-19(26)25(21(20)27)14-15-7-5-4-6-8-15/h4-12,18,20H,13-14H2,1-3H3/t18-,20-/m0/s1. The lowest BCUT2D eigenvalue weighted by molar-refractivity contribution is -0.170. The van der Waals surface area contributed by atoms with Crippen LogP contribution in [0.4, 0.5) is 4.39 Å². The highest BCUT2D eigenvalue weighted by Gasteiger charge is 2.47. The van der Waals surface area contributed by atoms with Crippen molar-refractivity contribution in [1.29, 1.82) is 0 Å². The molecule has 0 bridgehead atoms. The van der Waals surface area contributed by atoms with Crippen LogP contribution in [0, 0.1) is 11.7 Å². The van der Waals surface area contributed by atoms with Gasteiger partial charge in [0.2, 0.25) is 11.8 Å². The summed E-state index contributed by atoms with van der Waals surface area (Å²) in [6, 6.07) is 14.6. The normalized spacial score (nSPS) is 19.9. The number of hydrogen-bond donors (Lipinski definition) is 0. The van der Waals surface area contributed by atoms with Crippen molar-refractivity contribution >= 4 is 17.8 Å². The second kappa shape index (κ2) is 8.15. The third-order valence-corrected chi connectivity index (χ3v) is 4.77. The largest absolute Gasteiger partial charge is 0.459 e. The fourth-order valence-electron chi connectivity index (χ4n) is 3.46. The van der Waals surface area contributed by atoms with E-state index in [4.69, 9.17) is 4.74 Å². The van der Waals surface area contributed by atoms with Crippen LogP contribution in [0.15, 0.2) is 54.6 Å². The Labute approximate surface area is 169 Å². The van der Waals surface area contributed by atoms with E-state index in [0.29, 0.717) is 5.56 Å². The van der Waals surface area contributed by atoms with Crippen LogP contribution in [0.3, 0.4) is 0 Å². The molecule has 1 aliphatic heterocycles. The van der Waals surface area contributed by atoms with Gasteiger partial charge in [-0.05, 0) is 44.0 Å². The highest BCUT2D eigenvalue weighted by Crippen LogP contribution is 2.37. The molecular formula is C23H24FNO4. The van der Waals surface area contributed by atoms with Crippen LogP contribution in [0.25, 0.3) is 0 Å². The van der Waals surface area contributed by atoms with E-state index < -0.39 is 35.1 Å². The van der Waals surface area contributed by atoms with Crippen LogP contribution in [0.1, 0.15) is 44.2 Å². The first-order chi connectivity index (χ1) is 13.7. The lowest BCUT2D eigenvalue weighted by Gasteiger charge is -2.36. The minimum atomic E-state index is -1.17. The summed E-state index contributed by atoms with van der Waals surface area (Å²) >= 11 is 0. The van der Waals surface area contributed by atoms with Gasteiger partial charge in [-0.15, -0.1) is 0 Å². The van der Waals surface area contributed by atoms with Crippen LogP contribution >= 0.6 is 0 Å². The lowest BCUT2D eigenvalue weighted by atomic mass is 9.79. The van der Waals surface area contributed by atoms with E-state index in [0.717, 1.165) is 10.5 Å². The van der Waals surface area contributed by atoms with Crippen molar-refractivity contribution in [3.8, 4) is 0 Å². The first-order valence-electron chi connectivity index (χ1n) is 9.52. The molecule has 1 aliphatic rings. The van der Waals surface area contributed by atoms with E-state index in [9.17, 15) is 18.8 Å². The molecule has 6 heteroatoms. The number of rotatable bonds is 4. The topological polar surface area (TPSA) is 63.7 Å². The van der Waals surface area contributed by atoms with E-state index in [2.05, 4.69) is 0 Å². The fraction of sp³-hybridized carbons (Fsp3) is 0.348. The average molecular weight is 397 g/mol. The molecule has 1 heterocycles. The predicted molar refractivity (Wildman–Crippen MR) is 105 cm³/mol. The summed E-state index contributed by atoms with van der Waals surface area (Å²) in [5.74, 6) is -3.93. The maximum absolute atomic E-state index is 13.4. The van der Waals surface area contributed by atoms with Crippen molar-refractivity contribution in [2.75, 3.05) is 0 Å². The van der Waals surface area contributed by atoms with Gasteiger partial charge in [0, 0.05) is 12.3 Å². The van der Waals surface area contributed by atoms with Crippen LogP contribution in [0.2, 0.25) is 0 Å². The molecule has 0 radical (unpaired) electrons. The summed E-state index contributed by atoms with van der Waals surface area (Å²) in [7, 11) is 0. The van der Waals surface area contributed by atoms with Crippen molar-refractivity contribution in [2.24, 2.45) is 5.92 Å². The molecule has 0 unspecified atom stereocenters. The van der Waals surface area contributed by atoms with Crippen LogP contribution in [-0.4, -0.2) is 28.3 Å². The number of amides is 2. The minimum Gasteiger partial charge on any atom is -0.459 e. The number of carbonyl (C=O) groups excluding carboxylic acids is 3. The number of piperidine rings is 1. The Kier molecular flexibility index (Phi) is 5.82. The number of carbonyl (C=O) groups is 3. The molecule has 2 aromatic carbocycles. The molecule has 2 atom stereocenters. The smallest absolute Gasteiger partial charge is 0.319 e. The van der Waals surface area contributed by atoms with Gasteiger partial charge >= 0.3 is 5.97 Å². The average Bonchev–Trinajstić information content (AvgIpc) is 2.64. The molecule has 0 spiro atoms. The summed E-state index contributed by atoms with van der Waals surface area (Å²) < 4.78 is 18.8. The van der Waals surface area contributed by atoms with E-state index in [-0.39, 0.29) is 18.9 Å². The summed E-state index contributed by atoms with van der Waals surface area (Å²) in [5, 5.41) is 0. The van der Waals surface area contributed by atoms with Crippen LogP contribution in [0.5, 0.6) is 0 Å². The number of ether oxygens (including phenoxy) is 1. The first-order valence-corrected chi connectivity index (χ1v) is 9.52. The fourth-order valence-corrected chi connectivity index (χ4v) is 3.46. The summed E-state index contributed by atoms with van der Waals surface area (Å²) in [6.07, 6.45) is -0.0336. The maximum atomic E-state index is 13.4. The molecule has 3 rings (SSSR count). The predicted octanol–water partition coefficient (Wildman–Crippen LogP) is 3.83. The van der Waals surface area contributed by atoms with Gasteiger partial charge in [0.15, 0.2) is 0 Å². The Morgan fingerprint density at radius 3 is 2.28 bits per heavy atom. The van der Waals surface area contributed by atoms with Gasteiger partial charge in [0.25, 0.3) is 0 Å². The quantitative estimate of drug-likeness (QED) is 0.447. The summed E-state index contributed by atoms with van der Waals surface area (Å²) in [4.78, 5) is 40.1. The number of halogens is 1. The Morgan fingerprint density at radius 2 is 1.69 bits per heavy atom. The van der Waals surface area contributed by atoms with Crippen LogP contribution < -0.4 is 0 Å². The highest BCUT2D eigenvalue weighted by molar-refractivity contribution is 6.08. The SMILES string of the molecule is CC(C)(C)OC(=O)[C@@H]1C(=O)N(Cc2ccccc2)C(=O)C[C@H]1c1ccc(F)cc1. The molecule has 5 nitrogen and oxygen atoms in total. The van der Waals surface area contributed by atoms with E-state index in [1.54, 1.807) is 20.8 Å². The van der Waals surface area contributed by atoms with Crippen LogP contribution in [-0.2, 0) is 25.7 Å². The molecular weight excluding hydrogens is 373 g/mol. The Balaban J connectivity index is 1.95. The van der Waals surface area contributed by atoms with Gasteiger partial charge in [-0.3, -0.25) is 19.3 Å². The van der Waals surface area contributed by atoms with Crippen molar-refractivity contribution in [3.05, 3.63) is 71.5 Å². The number of benzene rings is 2. The van der Waals surface area contributed by atoms with Gasteiger partial charge in [0.1, 0.15) is 17.3 Å². The highest BCUT2D eigenvalue weighted by atomic mass is 19.1. The number of nitrogens with zero attached hydrogens (tertiary/aromatic N) is 1. The number of likely N-dealkylation sites (tertiary alicyclic amines) is 1. The Bertz CT molecular complexity index is 903. The first kappa shape index (κ1) is 20.7. The summed E-state index contributed by atoms with van der Waals surface area (Å²) in [5.41, 5.74) is 0.567. The lowest BCUT2D eigenvalue weighted by Crippen LogP contribution is -2.51. The van der Waals surface area contributed by atoms with Crippen molar-refractivity contribution in [2.45, 2.75) is 45.3 Å². The van der Waals surface area contributed by atoms with Gasteiger partial charge in [-0.25, -0.2) is 4.39 Å². The molecule has 0 N–H and O–H groups in total. The molecule has 0 aromatic heterocycles. The molecule has 1 fully saturated rings. The third-order valence-electron chi connectivity index (χ3n) is 4.77. The molecule has 29 heavy (non-hydrogen) atoms. The zero-order valence-electron chi connectivity index (χ0n) is 16.7. The second-order valence-electron chi connectivity index (χ2n) is 8.18. The van der Waals surface area contributed by atoms with Crippen molar-refractivity contribution in [1.82, 2.24) is 4.90 Å². The second-order valence-corrected chi connectivity index (χ2v) is 8.18. The monoisotopic (exact) mass is 397 g/mol. The number of imide groups is 1. The molecule has 0 aliphatic carbocycles. The van der Waals surface area contributed by atoms with Crippen molar-refractivity contribution in [3.63, 3.8) is 0 Å². The third kappa shape index (κ3) is 4.88. The Hall–Kier alpha value is -3.02. The molecule has 0 saturated carbocycles. The minimum absolute atomic E-state index is 0.0336. The van der Waals surface area contributed by atoms with E-state index >= 15 is 0 Å². The van der Waals surface area contributed by atoms with E-state index in [1.165, 1.54) is 24.3 Å². The summed E-state index contributed by atoms with van der Waals surface area (Å²) in [6.45, 7) is 5.25. The van der Waals surface area contributed by atoms with Crippen molar-refractivity contribution < 1.29 is 23.5 Å². The number of esters is 1. The molecule has 2 aromatic rings. The van der Waals surface area contributed by atoms with Gasteiger partial charge < -0.3 is 4.74 Å². The maximum Gasteiger partial charge on any atom is 0.319 e. The molecule has 1 saturated heterocycles. The van der Waals surface area contributed by atoms with Gasteiger partial charge in [0.05, 0.1) is 6.54 Å². The zero-order valence-corrected chi connectivity index (χ0v) is 16.7. The van der Waals surface area contributed by atoms with Gasteiger partial charge in [-0.2, -0.15) is 0 Å². The Morgan fingerprint density at radius 1 is 1.07 bits per heavy atom. The van der Waals surface area contributed by atoms with Gasteiger partial charge in [-0.1, -0.05) is 42.5 Å².